The number of anilines is 1. The van der Waals surface area contributed by atoms with Gasteiger partial charge in [-0.3, -0.25) is 4.90 Å². The van der Waals surface area contributed by atoms with Gasteiger partial charge in [-0.25, -0.2) is 0 Å². The normalized spacial score (nSPS) is 19.4. The van der Waals surface area contributed by atoms with Gasteiger partial charge in [0.15, 0.2) is 0 Å². The quantitative estimate of drug-likeness (QED) is 0.660. The first-order valence-corrected chi connectivity index (χ1v) is 9.56. The second kappa shape index (κ2) is 9.16. The number of para-hydroxylation sites is 2. The third-order valence-electron chi connectivity index (χ3n) is 4.97. The van der Waals surface area contributed by atoms with E-state index in [2.05, 4.69) is 9.80 Å². The summed E-state index contributed by atoms with van der Waals surface area (Å²) >= 11 is 0. The fourth-order valence-electron chi connectivity index (χ4n) is 3.49. The smallest absolute Gasteiger partial charge is 0.142 e. The zero-order valence-corrected chi connectivity index (χ0v) is 16.3. The van der Waals surface area contributed by atoms with Crippen LogP contribution in [0.2, 0.25) is 0 Å². The first kappa shape index (κ1) is 12.7. The van der Waals surface area contributed by atoms with Crippen molar-refractivity contribution in [3.05, 3.63) is 66.6 Å². The summed E-state index contributed by atoms with van der Waals surface area (Å²) in [4.78, 5) is 4.32. The number of hydrogen-bond donors (Lipinski definition) is 1. The average molecular weight is 400 g/mol. The molecule has 1 N–H and O–H groups in total. The lowest BCUT2D eigenvalue weighted by atomic mass is 10.1. The van der Waals surface area contributed by atoms with Crippen LogP contribution >= 0.6 is 0 Å². The Morgan fingerprint density at radius 1 is 1.00 bits per heavy atom. The van der Waals surface area contributed by atoms with Gasteiger partial charge < -0.3 is 19.5 Å². The molecule has 3 aromatic carbocycles. The van der Waals surface area contributed by atoms with Gasteiger partial charge in [-0.15, -0.1) is 0 Å². The van der Waals surface area contributed by atoms with Crippen LogP contribution in [0.3, 0.4) is 0 Å². The number of rotatable bonds is 7. The molecule has 1 fully saturated rings. The van der Waals surface area contributed by atoms with Crippen LogP contribution in [0.1, 0.15) is 9.60 Å². The molecule has 1 atom stereocenters. The average Bonchev–Trinajstić information content (AvgIpc) is 2.89. The van der Waals surface area contributed by atoms with E-state index in [0.717, 1.165) is 24.5 Å². The molecule has 5 nitrogen and oxygen atoms in total. The molecule has 1 saturated heterocycles. The van der Waals surface area contributed by atoms with E-state index < -0.39 is 48.4 Å². The molecule has 1 unspecified atom stereocenters. The van der Waals surface area contributed by atoms with Crippen molar-refractivity contribution in [1.29, 1.82) is 0 Å². The third kappa shape index (κ3) is 4.63. The van der Waals surface area contributed by atoms with E-state index in [1.807, 2.05) is 24.3 Å². The second-order valence-electron chi connectivity index (χ2n) is 6.88. The lowest BCUT2D eigenvalue weighted by Gasteiger charge is -2.37. The SMILES string of the molecule is [2H]c1c([2H])c([2H])c2c(OCC(O)CN3CCN(c4ccccc4OC)CC3)c([2H])c([2H])c([2H])c2c1[2H]. The predicted octanol–water partition coefficient (Wildman–Crippen LogP) is 3.41. The van der Waals surface area contributed by atoms with Crippen LogP contribution in [0.5, 0.6) is 11.5 Å². The summed E-state index contributed by atoms with van der Waals surface area (Å²) in [6.07, 6.45) is -0.933. The molecule has 0 amide bonds. The van der Waals surface area contributed by atoms with Crippen molar-refractivity contribution in [3.8, 4) is 11.5 Å². The monoisotopic (exact) mass is 399 g/mol. The van der Waals surface area contributed by atoms with Crippen LogP contribution < -0.4 is 14.4 Å². The van der Waals surface area contributed by atoms with E-state index in [1.165, 1.54) is 0 Å². The number of benzene rings is 3. The molecule has 3 aromatic rings. The van der Waals surface area contributed by atoms with Crippen molar-refractivity contribution in [2.75, 3.05) is 51.3 Å². The summed E-state index contributed by atoms with van der Waals surface area (Å²) in [7, 11) is 1.64. The Balaban J connectivity index is 1.46. The van der Waals surface area contributed by atoms with Gasteiger partial charge in [-0.05, 0) is 23.6 Å². The lowest BCUT2D eigenvalue weighted by Crippen LogP contribution is -2.49. The zero-order valence-electron chi connectivity index (χ0n) is 23.3. The maximum absolute atomic E-state index is 10.6. The van der Waals surface area contributed by atoms with E-state index in [0.29, 0.717) is 19.6 Å². The van der Waals surface area contributed by atoms with E-state index in [-0.39, 0.29) is 23.1 Å². The molecule has 0 bridgehead atoms. The van der Waals surface area contributed by atoms with Crippen LogP contribution in [0.25, 0.3) is 10.8 Å². The van der Waals surface area contributed by atoms with Crippen molar-refractivity contribution < 1.29 is 24.2 Å². The minimum absolute atomic E-state index is 0.121. The molecule has 1 heterocycles. The van der Waals surface area contributed by atoms with Crippen molar-refractivity contribution >= 4 is 16.5 Å². The van der Waals surface area contributed by atoms with Crippen LogP contribution in [0.15, 0.2) is 66.6 Å². The minimum atomic E-state index is -0.933. The van der Waals surface area contributed by atoms with Gasteiger partial charge in [0, 0.05) is 38.1 Å². The molecule has 1 aliphatic rings. The fraction of sp³-hybridized carbons (Fsp3) is 0.333. The van der Waals surface area contributed by atoms with Gasteiger partial charge in [-0.1, -0.05) is 48.4 Å². The number of β-amino-alcohol motifs (C(OH)–C–C–N with tert-alkyl or cyclic N) is 1. The van der Waals surface area contributed by atoms with Crippen molar-refractivity contribution in [2.24, 2.45) is 0 Å². The van der Waals surface area contributed by atoms with Crippen LogP contribution in [-0.4, -0.2) is 62.6 Å². The van der Waals surface area contributed by atoms with Gasteiger partial charge >= 0.3 is 0 Å². The van der Waals surface area contributed by atoms with Crippen molar-refractivity contribution in [2.45, 2.75) is 6.10 Å². The first-order chi connectivity index (χ1) is 17.1. The molecule has 0 aromatic heterocycles. The topological polar surface area (TPSA) is 45.2 Å². The number of hydrogen-bond acceptors (Lipinski definition) is 5. The standard InChI is InChI=1S/C24H28N2O3/c1-28-24-11-5-4-10-22(24)26-15-13-25(14-16-26)17-20(27)18-29-23-12-6-8-19-7-2-3-9-21(19)23/h2-12,20,27H,13-18H2,1H3/i2D,3D,6D,7D,8D,9D,12D. The number of nitrogens with zero attached hydrogens (tertiary/aromatic N) is 2. The lowest BCUT2D eigenvalue weighted by molar-refractivity contribution is 0.0668. The molecule has 0 aliphatic carbocycles. The van der Waals surface area contributed by atoms with E-state index in [4.69, 9.17) is 19.1 Å². The number of ether oxygens (including phenoxy) is 2. The highest BCUT2D eigenvalue weighted by atomic mass is 16.5. The van der Waals surface area contributed by atoms with Gasteiger partial charge in [0.05, 0.1) is 22.4 Å². The molecule has 0 saturated carbocycles. The molecule has 0 radical (unpaired) electrons. The first-order valence-electron chi connectivity index (χ1n) is 13.1. The maximum Gasteiger partial charge on any atom is 0.142 e. The molecular weight excluding hydrogens is 364 g/mol. The molecule has 4 rings (SSSR count). The summed E-state index contributed by atoms with van der Waals surface area (Å²) in [5.41, 5.74) is 1.02. The maximum atomic E-state index is 10.6. The van der Waals surface area contributed by atoms with Crippen molar-refractivity contribution in [1.82, 2.24) is 4.90 Å². The molecule has 5 heteroatoms. The van der Waals surface area contributed by atoms with E-state index in [1.54, 1.807) is 7.11 Å². The fourth-order valence-corrected chi connectivity index (χ4v) is 3.49. The summed E-state index contributed by atoms with van der Waals surface area (Å²) in [6, 6.07) is 4.49. The number of aliphatic hydroxyl groups excluding tert-OH is 1. The Morgan fingerprint density at radius 2 is 1.76 bits per heavy atom. The number of piperazine rings is 1. The highest BCUT2D eigenvalue weighted by Gasteiger charge is 2.21. The third-order valence-corrected chi connectivity index (χ3v) is 4.97. The highest BCUT2D eigenvalue weighted by molar-refractivity contribution is 5.88. The number of methoxy groups -OCH3 is 1. The summed E-state index contributed by atoms with van der Waals surface area (Å²) in [5, 5.41) is 10.4. The molecular formula is C24H28N2O3. The van der Waals surface area contributed by atoms with Crippen LogP contribution in [0.4, 0.5) is 5.69 Å². The van der Waals surface area contributed by atoms with Gasteiger partial charge in [0.25, 0.3) is 0 Å². The summed E-state index contributed by atoms with van der Waals surface area (Å²) in [5.74, 6) is 0.585. The molecule has 1 aliphatic heterocycles. The largest absolute Gasteiger partial charge is 0.495 e. The predicted molar refractivity (Wildman–Crippen MR) is 117 cm³/mol. The Hall–Kier alpha value is -2.76. The molecule has 29 heavy (non-hydrogen) atoms. The Morgan fingerprint density at radius 3 is 2.59 bits per heavy atom. The van der Waals surface area contributed by atoms with E-state index >= 15 is 0 Å². The summed E-state index contributed by atoms with van der Waals surface area (Å²) < 4.78 is 67.9. The second-order valence-corrected chi connectivity index (χ2v) is 6.88. The van der Waals surface area contributed by atoms with Crippen LogP contribution in [-0.2, 0) is 0 Å². The highest BCUT2D eigenvalue weighted by Crippen LogP contribution is 2.28. The minimum Gasteiger partial charge on any atom is -0.495 e. The van der Waals surface area contributed by atoms with E-state index in [9.17, 15) is 5.11 Å². The molecule has 0 spiro atoms. The Labute approximate surface area is 181 Å². The summed E-state index contributed by atoms with van der Waals surface area (Å²) in [6.45, 7) is 3.00. The number of fused-ring (bicyclic) bond motifs is 1. The van der Waals surface area contributed by atoms with Crippen molar-refractivity contribution in [3.63, 3.8) is 0 Å². The molecule has 152 valence electrons. The van der Waals surface area contributed by atoms with Gasteiger partial charge in [-0.2, -0.15) is 0 Å². The number of aliphatic hydroxyl groups is 1. The zero-order chi connectivity index (χ0) is 26.1. The van der Waals surface area contributed by atoms with Gasteiger partial charge in [0.2, 0.25) is 0 Å². The Bertz CT molecular complexity index is 1270. The van der Waals surface area contributed by atoms with Gasteiger partial charge in [0.1, 0.15) is 24.2 Å². The van der Waals surface area contributed by atoms with Crippen LogP contribution in [0, 0.1) is 0 Å². The Kier molecular flexibility index (Phi) is 4.02.